The van der Waals surface area contributed by atoms with Crippen LogP contribution in [-0.2, 0) is 0 Å². The van der Waals surface area contributed by atoms with Gasteiger partial charge in [-0.1, -0.05) is 85.6 Å². The molecule has 0 aliphatic carbocycles. The van der Waals surface area contributed by atoms with E-state index in [4.69, 9.17) is 20.4 Å². The molecule has 0 bridgehead atoms. The number of hydrogen-bond donors (Lipinski definition) is 4. The van der Waals surface area contributed by atoms with Crippen LogP contribution < -0.4 is 0 Å². The predicted molar refractivity (Wildman–Crippen MR) is 106 cm³/mol. The first-order chi connectivity index (χ1) is 11.8. The molecule has 0 atom stereocenters. The fourth-order valence-corrected chi connectivity index (χ4v) is 1.07. The number of aliphatic hydroxyl groups excluding tert-OH is 4. The number of aryl methyl sites for hydroxylation is 2. The van der Waals surface area contributed by atoms with Gasteiger partial charge in [0, 0.05) is 28.4 Å². The third-order valence-electron chi connectivity index (χ3n) is 1.88. The largest absolute Gasteiger partial charge is 0.400 e. The summed E-state index contributed by atoms with van der Waals surface area (Å²) >= 11 is 0. The van der Waals surface area contributed by atoms with Crippen molar-refractivity contribution in [2.45, 2.75) is 27.7 Å². The summed E-state index contributed by atoms with van der Waals surface area (Å²) in [5, 5.41) is 28.0. The third-order valence-corrected chi connectivity index (χ3v) is 1.88. The van der Waals surface area contributed by atoms with Crippen LogP contribution in [0.25, 0.3) is 0 Å². The Morgan fingerprint density at radius 3 is 0.667 bits per heavy atom. The Labute approximate surface area is 149 Å². The highest BCUT2D eigenvalue weighted by atomic mass is 16.2. The minimum absolute atomic E-state index is 1.00. The first kappa shape index (κ1) is 33.8. The zero-order valence-electron chi connectivity index (χ0n) is 16.6. The molecule has 4 nitrogen and oxygen atoms in total. The van der Waals surface area contributed by atoms with Crippen LogP contribution in [-0.4, -0.2) is 48.9 Å². The van der Waals surface area contributed by atoms with Gasteiger partial charge in [0.1, 0.15) is 0 Å². The van der Waals surface area contributed by atoms with E-state index in [1.807, 2.05) is 50.2 Å². The molecule has 0 aromatic heterocycles. The van der Waals surface area contributed by atoms with Crippen molar-refractivity contribution >= 4 is 0 Å². The average molecular weight is 343 g/mol. The number of hydrogen-bond acceptors (Lipinski definition) is 4. The minimum Gasteiger partial charge on any atom is -0.400 e. The topological polar surface area (TPSA) is 80.9 Å². The second kappa shape index (κ2) is 42.9. The van der Waals surface area contributed by atoms with E-state index in [9.17, 15) is 0 Å². The van der Waals surface area contributed by atoms with Gasteiger partial charge in [-0.25, -0.2) is 0 Å². The van der Waals surface area contributed by atoms with E-state index in [1.54, 1.807) is 0 Å². The van der Waals surface area contributed by atoms with Crippen molar-refractivity contribution in [1.29, 1.82) is 0 Å². The van der Waals surface area contributed by atoms with Crippen molar-refractivity contribution in [1.82, 2.24) is 0 Å². The van der Waals surface area contributed by atoms with Crippen LogP contribution in [0, 0.1) is 13.8 Å². The molecular formula is C20H38O4. The molecule has 4 heteroatoms. The molecule has 0 amide bonds. The van der Waals surface area contributed by atoms with Crippen LogP contribution in [0.3, 0.4) is 0 Å². The van der Waals surface area contributed by atoms with Crippen LogP contribution in [0.2, 0.25) is 0 Å². The standard InChI is InChI=1S/2C7H8.C2H6.4CH4O/c2*1-7-5-3-2-4-6-7;5*1-2/h2*2-6H,1H3;1-2H3;4*2H,1H3. The van der Waals surface area contributed by atoms with Gasteiger partial charge in [0.15, 0.2) is 0 Å². The van der Waals surface area contributed by atoms with E-state index in [0.717, 1.165) is 28.4 Å². The molecule has 2 aromatic rings. The SMILES string of the molecule is CC.CO.CO.CO.CO.Cc1ccccc1.Cc1ccccc1. The van der Waals surface area contributed by atoms with Crippen molar-refractivity contribution in [3.63, 3.8) is 0 Å². The summed E-state index contributed by atoms with van der Waals surface area (Å²) in [6.45, 7) is 8.17. The number of aliphatic hydroxyl groups is 4. The molecule has 0 saturated carbocycles. The lowest BCUT2D eigenvalue weighted by atomic mass is 10.2. The molecule has 0 radical (unpaired) electrons. The smallest absolute Gasteiger partial charge is 0.0319 e. The Balaban J connectivity index is -0.0000000666. The summed E-state index contributed by atoms with van der Waals surface area (Å²) in [6, 6.07) is 20.5. The molecule has 0 saturated heterocycles. The fourth-order valence-electron chi connectivity index (χ4n) is 1.07. The molecule has 142 valence electrons. The van der Waals surface area contributed by atoms with Crippen LogP contribution in [0.15, 0.2) is 60.7 Å². The lowest BCUT2D eigenvalue weighted by Crippen LogP contribution is -1.62. The third kappa shape index (κ3) is 37.0. The van der Waals surface area contributed by atoms with Crippen LogP contribution >= 0.6 is 0 Å². The normalized spacial score (nSPS) is 6.33. The quantitative estimate of drug-likeness (QED) is 0.591. The highest BCUT2D eigenvalue weighted by Crippen LogP contribution is 1.92. The summed E-state index contributed by atoms with van der Waals surface area (Å²) in [5.41, 5.74) is 2.64. The fraction of sp³-hybridized carbons (Fsp3) is 0.400. The van der Waals surface area contributed by atoms with Crippen LogP contribution in [0.1, 0.15) is 25.0 Å². The van der Waals surface area contributed by atoms with E-state index < -0.39 is 0 Å². The minimum atomic E-state index is 1.00. The lowest BCUT2D eigenvalue weighted by Gasteiger charge is -1.82. The molecule has 24 heavy (non-hydrogen) atoms. The molecule has 0 unspecified atom stereocenters. The first-order valence-electron chi connectivity index (χ1n) is 7.61. The second-order valence-corrected chi connectivity index (χ2v) is 3.31. The van der Waals surface area contributed by atoms with E-state index in [0.29, 0.717) is 0 Å². The van der Waals surface area contributed by atoms with Gasteiger partial charge >= 0.3 is 0 Å². The van der Waals surface area contributed by atoms with E-state index in [2.05, 4.69) is 38.1 Å². The molecule has 0 fully saturated rings. The number of rotatable bonds is 0. The van der Waals surface area contributed by atoms with Crippen LogP contribution in [0.5, 0.6) is 0 Å². The van der Waals surface area contributed by atoms with Crippen molar-refractivity contribution in [2.24, 2.45) is 0 Å². The molecular weight excluding hydrogens is 304 g/mol. The summed E-state index contributed by atoms with van der Waals surface area (Å²) in [5.74, 6) is 0. The monoisotopic (exact) mass is 342 g/mol. The molecule has 0 spiro atoms. The first-order valence-corrected chi connectivity index (χ1v) is 7.61. The summed E-state index contributed by atoms with van der Waals surface area (Å²) in [6.07, 6.45) is 0. The average Bonchev–Trinajstić information content (AvgIpc) is 2.71. The van der Waals surface area contributed by atoms with Crippen molar-refractivity contribution in [2.75, 3.05) is 28.4 Å². The highest BCUT2D eigenvalue weighted by Gasteiger charge is 1.72. The molecule has 0 heterocycles. The molecule has 0 aliphatic rings. The summed E-state index contributed by atoms with van der Waals surface area (Å²) in [4.78, 5) is 0. The van der Waals surface area contributed by atoms with Gasteiger partial charge in [0.2, 0.25) is 0 Å². The van der Waals surface area contributed by atoms with Gasteiger partial charge in [-0.05, 0) is 13.8 Å². The van der Waals surface area contributed by atoms with E-state index in [1.165, 1.54) is 11.1 Å². The molecule has 4 N–H and O–H groups in total. The maximum absolute atomic E-state index is 7.00. The Kier molecular flexibility index (Phi) is 60.4. The molecule has 2 aromatic carbocycles. The van der Waals surface area contributed by atoms with Crippen LogP contribution in [0.4, 0.5) is 0 Å². The summed E-state index contributed by atoms with van der Waals surface area (Å²) in [7, 11) is 4.00. The Morgan fingerprint density at radius 1 is 0.417 bits per heavy atom. The maximum atomic E-state index is 7.00. The molecule has 2 rings (SSSR count). The van der Waals surface area contributed by atoms with Gasteiger partial charge in [0.25, 0.3) is 0 Å². The van der Waals surface area contributed by atoms with Gasteiger partial charge in [0.05, 0.1) is 0 Å². The van der Waals surface area contributed by atoms with Crippen molar-refractivity contribution < 1.29 is 20.4 Å². The number of benzene rings is 2. The zero-order valence-corrected chi connectivity index (χ0v) is 16.6. The summed E-state index contributed by atoms with van der Waals surface area (Å²) < 4.78 is 0. The van der Waals surface area contributed by atoms with Gasteiger partial charge in [-0.2, -0.15) is 0 Å². The Bertz CT molecular complexity index is 313. The van der Waals surface area contributed by atoms with Crippen molar-refractivity contribution in [3.05, 3.63) is 71.8 Å². The Morgan fingerprint density at radius 2 is 0.583 bits per heavy atom. The van der Waals surface area contributed by atoms with Gasteiger partial charge in [-0.15, -0.1) is 0 Å². The van der Waals surface area contributed by atoms with Gasteiger partial charge in [-0.3, -0.25) is 0 Å². The van der Waals surface area contributed by atoms with Gasteiger partial charge < -0.3 is 20.4 Å². The maximum Gasteiger partial charge on any atom is 0.0319 e. The second-order valence-electron chi connectivity index (χ2n) is 3.31. The zero-order chi connectivity index (χ0) is 20.2. The van der Waals surface area contributed by atoms with E-state index in [-0.39, 0.29) is 0 Å². The Hall–Kier alpha value is -1.72. The van der Waals surface area contributed by atoms with Crippen molar-refractivity contribution in [3.8, 4) is 0 Å². The molecule has 0 aliphatic heterocycles. The van der Waals surface area contributed by atoms with E-state index >= 15 is 0 Å². The highest BCUT2D eigenvalue weighted by molar-refractivity contribution is 5.12. The predicted octanol–water partition coefficient (Wildman–Crippen LogP) is 3.45. The lowest BCUT2D eigenvalue weighted by molar-refractivity contribution is 0.399.